The number of amides is 1. The highest BCUT2D eigenvalue weighted by Gasteiger charge is 2.27. The molecular formula is C16H22Cl2N4O2. The van der Waals surface area contributed by atoms with Gasteiger partial charge in [-0.2, -0.15) is 4.98 Å². The molecule has 0 radical (unpaired) electrons. The Morgan fingerprint density at radius 3 is 2.54 bits per heavy atom. The van der Waals surface area contributed by atoms with Crippen LogP contribution in [0, 0.1) is 5.41 Å². The summed E-state index contributed by atoms with van der Waals surface area (Å²) >= 11 is 5.85. The van der Waals surface area contributed by atoms with E-state index in [9.17, 15) is 4.79 Å². The molecule has 0 fully saturated rings. The van der Waals surface area contributed by atoms with E-state index < -0.39 is 6.04 Å². The van der Waals surface area contributed by atoms with Gasteiger partial charge in [0.1, 0.15) is 0 Å². The summed E-state index contributed by atoms with van der Waals surface area (Å²) in [5, 5.41) is 7.35. The number of aromatic nitrogens is 2. The van der Waals surface area contributed by atoms with Crippen LogP contribution in [-0.4, -0.2) is 28.6 Å². The molecule has 0 aliphatic heterocycles. The smallest absolute Gasteiger partial charge is 0.237 e. The number of hydrogen-bond acceptors (Lipinski definition) is 5. The van der Waals surface area contributed by atoms with Crippen LogP contribution in [0.1, 0.15) is 26.7 Å². The van der Waals surface area contributed by atoms with E-state index in [1.54, 1.807) is 12.1 Å². The maximum absolute atomic E-state index is 11.9. The summed E-state index contributed by atoms with van der Waals surface area (Å²) in [5.74, 6) is 0.768. The van der Waals surface area contributed by atoms with Gasteiger partial charge < -0.3 is 15.6 Å². The van der Waals surface area contributed by atoms with Gasteiger partial charge in [-0.15, -0.1) is 12.4 Å². The molecule has 1 aromatic heterocycles. The molecule has 2 aromatic rings. The van der Waals surface area contributed by atoms with Crippen molar-refractivity contribution in [3.63, 3.8) is 0 Å². The normalized spacial score (nSPS) is 12.4. The average Bonchev–Trinajstić information content (AvgIpc) is 2.95. The first-order valence-electron chi connectivity index (χ1n) is 7.39. The first kappa shape index (κ1) is 20.4. The molecule has 0 aliphatic rings. The van der Waals surface area contributed by atoms with Crippen molar-refractivity contribution in [2.75, 3.05) is 6.54 Å². The van der Waals surface area contributed by atoms with E-state index in [1.807, 2.05) is 32.9 Å². The van der Waals surface area contributed by atoms with Crippen LogP contribution in [0.2, 0.25) is 5.02 Å². The zero-order valence-electron chi connectivity index (χ0n) is 13.9. The van der Waals surface area contributed by atoms with Crippen LogP contribution in [0.5, 0.6) is 0 Å². The molecule has 24 heavy (non-hydrogen) atoms. The molecule has 132 valence electrons. The number of halogens is 2. The summed E-state index contributed by atoms with van der Waals surface area (Å²) in [7, 11) is 0. The van der Waals surface area contributed by atoms with Gasteiger partial charge in [0.05, 0.1) is 6.04 Å². The van der Waals surface area contributed by atoms with Gasteiger partial charge in [-0.25, -0.2) is 0 Å². The minimum absolute atomic E-state index is 0. The van der Waals surface area contributed by atoms with Crippen LogP contribution in [0.25, 0.3) is 11.4 Å². The number of carbonyl (C=O) groups excluding carboxylic acids is 1. The SMILES string of the molecule is CC(C)(C)[C@H](N)C(=O)NCCc1nc(-c2ccc(Cl)cc2)no1.Cl. The van der Waals surface area contributed by atoms with Crippen LogP contribution in [0.15, 0.2) is 28.8 Å². The van der Waals surface area contributed by atoms with E-state index in [2.05, 4.69) is 15.5 Å². The van der Waals surface area contributed by atoms with Gasteiger partial charge >= 0.3 is 0 Å². The fourth-order valence-corrected chi connectivity index (χ4v) is 1.99. The number of hydrogen-bond donors (Lipinski definition) is 2. The predicted octanol–water partition coefficient (Wildman–Crippen LogP) is 2.84. The molecule has 6 nitrogen and oxygen atoms in total. The molecule has 1 aromatic carbocycles. The lowest BCUT2D eigenvalue weighted by atomic mass is 9.87. The molecule has 0 saturated heterocycles. The van der Waals surface area contributed by atoms with Gasteiger partial charge in [0.2, 0.25) is 17.6 Å². The van der Waals surface area contributed by atoms with E-state index in [0.717, 1.165) is 5.56 Å². The van der Waals surface area contributed by atoms with E-state index in [0.29, 0.717) is 29.7 Å². The lowest BCUT2D eigenvalue weighted by Crippen LogP contribution is -2.49. The van der Waals surface area contributed by atoms with Gasteiger partial charge in [-0.05, 0) is 29.7 Å². The summed E-state index contributed by atoms with van der Waals surface area (Å²) in [6, 6.07) is 6.61. The molecule has 0 unspecified atom stereocenters. The van der Waals surface area contributed by atoms with Gasteiger partial charge in [0, 0.05) is 23.6 Å². The Bertz CT molecular complexity index is 665. The van der Waals surface area contributed by atoms with Crippen molar-refractivity contribution in [1.29, 1.82) is 0 Å². The number of nitrogens with one attached hydrogen (secondary N) is 1. The van der Waals surface area contributed by atoms with Crippen molar-refractivity contribution in [3.8, 4) is 11.4 Å². The molecule has 0 bridgehead atoms. The van der Waals surface area contributed by atoms with Gasteiger partial charge in [0.15, 0.2) is 0 Å². The summed E-state index contributed by atoms with van der Waals surface area (Å²) in [5.41, 5.74) is 6.43. The van der Waals surface area contributed by atoms with Crippen LogP contribution in [0.4, 0.5) is 0 Å². The Labute approximate surface area is 152 Å². The molecule has 1 atom stereocenters. The number of carbonyl (C=O) groups is 1. The topological polar surface area (TPSA) is 94.0 Å². The van der Waals surface area contributed by atoms with E-state index in [1.165, 1.54) is 0 Å². The Hall–Kier alpha value is -1.63. The quantitative estimate of drug-likeness (QED) is 0.841. The number of nitrogens with two attached hydrogens (primary N) is 1. The van der Waals surface area contributed by atoms with Crippen LogP contribution in [0.3, 0.4) is 0 Å². The standard InChI is InChI=1S/C16H21ClN4O2.ClH/c1-16(2,3)13(18)15(22)19-9-8-12-20-14(21-23-12)10-4-6-11(17)7-5-10;/h4-7,13H,8-9,18H2,1-3H3,(H,19,22);1H/t13-;/m1./s1. The Morgan fingerprint density at radius 1 is 1.33 bits per heavy atom. The minimum atomic E-state index is -0.560. The summed E-state index contributed by atoms with van der Waals surface area (Å²) < 4.78 is 5.18. The average molecular weight is 373 g/mol. The largest absolute Gasteiger partial charge is 0.354 e. The summed E-state index contributed by atoms with van der Waals surface area (Å²) in [4.78, 5) is 16.2. The summed E-state index contributed by atoms with van der Waals surface area (Å²) in [6.45, 7) is 6.17. The van der Waals surface area contributed by atoms with Gasteiger partial charge in [-0.1, -0.05) is 37.5 Å². The number of nitrogens with zero attached hydrogens (tertiary/aromatic N) is 2. The van der Waals surface area contributed by atoms with E-state index >= 15 is 0 Å². The highest BCUT2D eigenvalue weighted by atomic mass is 35.5. The Morgan fingerprint density at radius 2 is 1.96 bits per heavy atom. The predicted molar refractivity (Wildman–Crippen MR) is 96.1 cm³/mol. The lowest BCUT2D eigenvalue weighted by Gasteiger charge is -2.25. The summed E-state index contributed by atoms with van der Waals surface area (Å²) in [6.07, 6.45) is 0.448. The third-order valence-electron chi connectivity index (χ3n) is 3.42. The van der Waals surface area contributed by atoms with E-state index in [-0.39, 0.29) is 23.7 Å². The molecule has 2 rings (SSSR count). The zero-order chi connectivity index (χ0) is 17.0. The second kappa shape index (κ2) is 8.46. The van der Waals surface area contributed by atoms with Crippen molar-refractivity contribution in [3.05, 3.63) is 35.2 Å². The second-order valence-corrected chi connectivity index (χ2v) is 6.84. The highest BCUT2D eigenvalue weighted by Crippen LogP contribution is 2.19. The van der Waals surface area contributed by atoms with Crippen molar-refractivity contribution in [1.82, 2.24) is 15.5 Å². The van der Waals surface area contributed by atoms with Crippen LogP contribution >= 0.6 is 24.0 Å². The molecule has 1 heterocycles. The fourth-order valence-electron chi connectivity index (χ4n) is 1.87. The third-order valence-corrected chi connectivity index (χ3v) is 3.68. The van der Waals surface area contributed by atoms with Crippen LogP contribution < -0.4 is 11.1 Å². The zero-order valence-corrected chi connectivity index (χ0v) is 15.4. The van der Waals surface area contributed by atoms with Crippen molar-refractivity contribution >= 4 is 29.9 Å². The van der Waals surface area contributed by atoms with Gasteiger partial charge in [-0.3, -0.25) is 4.79 Å². The molecule has 0 saturated carbocycles. The van der Waals surface area contributed by atoms with E-state index in [4.69, 9.17) is 21.9 Å². The molecule has 0 aliphatic carbocycles. The first-order chi connectivity index (χ1) is 10.8. The van der Waals surface area contributed by atoms with Crippen molar-refractivity contribution < 1.29 is 9.32 Å². The first-order valence-corrected chi connectivity index (χ1v) is 7.77. The fraction of sp³-hybridized carbons (Fsp3) is 0.438. The minimum Gasteiger partial charge on any atom is -0.354 e. The second-order valence-electron chi connectivity index (χ2n) is 6.40. The highest BCUT2D eigenvalue weighted by molar-refractivity contribution is 6.30. The maximum Gasteiger partial charge on any atom is 0.237 e. The molecule has 0 spiro atoms. The molecule has 3 N–H and O–H groups in total. The monoisotopic (exact) mass is 372 g/mol. The Kier molecular flexibility index (Phi) is 7.20. The van der Waals surface area contributed by atoms with Gasteiger partial charge in [0.25, 0.3) is 0 Å². The Balaban J connectivity index is 0.00000288. The lowest BCUT2D eigenvalue weighted by molar-refractivity contribution is -0.124. The van der Waals surface area contributed by atoms with Crippen molar-refractivity contribution in [2.45, 2.75) is 33.2 Å². The number of benzene rings is 1. The third kappa shape index (κ3) is 5.47. The molecular weight excluding hydrogens is 351 g/mol. The molecule has 8 heteroatoms. The molecule has 1 amide bonds. The van der Waals surface area contributed by atoms with Crippen LogP contribution in [-0.2, 0) is 11.2 Å². The maximum atomic E-state index is 11.9. The van der Waals surface area contributed by atoms with Crippen molar-refractivity contribution in [2.24, 2.45) is 11.1 Å². The number of rotatable bonds is 5.